The minimum Gasteiger partial charge on any atom is -0.344 e. The highest BCUT2D eigenvalue weighted by Crippen LogP contribution is 2.13. The molecule has 3 nitrogen and oxygen atoms in total. The van der Waals surface area contributed by atoms with Gasteiger partial charge in [-0.15, -0.1) is 0 Å². The van der Waals surface area contributed by atoms with Crippen LogP contribution < -0.4 is 5.32 Å². The molecule has 1 heterocycles. The van der Waals surface area contributed by atoms with Crippen LogP contribution in [0.3, 0.4) is 0 Å². The van der Waals surface area contributed by atoms with Crippen LogP contribution in [0.1, 0.15) is 17.4 Å². The molecule has 0 saturated carbocycles. The Kier molecular flexibility index (Phi) is 5.21. The molecule has 0 spiro atoms. The van der Waals surface area contributed by atoms with Crippen molar-refractivity contribution in [3.05, 3.63) is 29.0 Å². The maximum absolute atomic E-state index is 11.8. The molecule has 88 valence electrons. The number of rotatable bonds is 4. The van der Waals surface area contributed by atoms with E-state index >= 15 is 0 Å². The van der Waals surface area contributed by atoms with Gasteiger partial charge in [0.1, 0.15) is 5.69 Å². The van der Waals surface area contributed by atoms with Crippen LogP contribution in [0, 0.1) is 0 Å². The van der Waals surface area contributed by atoms with Gasteiger partial charge < -0.3 is 5.32 Å². The second-order valence-corrected chi connectivity index (χ2v) is 5.20. The zero-order valence-corrected chi connectivity index (χ0v) is 12.6. The van der Waals surface area contributed by atoms with Crippen molar-refractivity contribution in [2.75, 3.05) is 10.7 Å². The zero-order valence-electron chi connectivity index (χ0n) is 8.64. The summed E-state index contributed by atoms with van der Waals surface area (Å²) in [5, 5.41) is 4.72. The monoisotopic (exact) mass is 368 g/mol. The fourth-order valence-electron chi connectivity index (χ4n) is 0.951. The molecule has 0 radical (unpaired) electrons. The Balaban J connectivity index is 2.76. The van der Waals surface area contributed by atoms with E-state index < -0.39 is 0 Å². The lowest BCUT2D eigenvalue weighted by atomic mass is 10.1. The van der Waals surface area contributed by atoms with Crippen LogP contribution in [0.5, 0.6) is 0 Å². The average Bonchev–Trinajstić information content (AvgIpc) is 2.29. The van der Waals surface area contributed by atoms with Crippen molar-refractivity contribution in [3.8, 4) is 0 Å². The molecule has 0 aromatic carbocycles. The van der Waals surface area contributed by atoms with Crippen molar-refractivity contribution < 1.29 is 4.79 Å². The molecule has 0 unspecified atom stereocenters. The highest BCUT2D eigenvalue weighted by atomic mass is 79.9. The van der Waals surface area contributed by atoms with Gasteiger partial charge in [0.05, 0.1) is 10.6 Å². The van der Waals surface area contributed by atoms with Gasteiger partial charge in [0.2, 0.25) is 0 Å². The first-order valence-corrected chi connectivity index (χ1v) is 7.19. The van der Waals surface area contributed by atoms with Crippen LogP contribution in [0.2, 0.25) is 5.02 Å². The fourth-order valence-corrected chi connectivity index (χ4v) is 2.27. The number of hydrogen-bond acceptors (Lipinski definition) is 2. The quantitative estimate of drug-likeness (QED) is 0.828. The summed E-state index contributed by atoms with van der Waals surface area (Å²) in [6.07, 6.45) is 1.45. The van der Waals surface area contributed by atoms with Gasteiger partial charge in [-0.3, -0.25) is 4.79 Å². The van der Waals surface area contributed by atoms with Gasteiger partial charge in [-0.1, -0.05) is 43.5 Å². The lowest BCUT2D eigenvalue weighted by molar-refractivity contribution is 0.0918. The number of aromatic nitrogens is 1. The molecule has 16 heavy (non-hydrogen) atoms. The minimum absolute atomic E-state index is 0.210. The predicted octanol–water partition coefficient (Wildman–Crippen LogP) is 3.01. The van der Waals surface area contributed by atoms with E-state index in [9.17, 15) is 4.79 Å². The molecule has 0 aliphatic carbocycles. The molecule has 1 aromatic rings. The number of carbonyl (C=O) groups excluding carboxylic acids is 1. The van der Waals surface area contributed by atoms with Crippen molar-refractivity contribution >= 4 is 49.4 Å². The smallest absolute Gasteiger partial charge is 0.270 e. The molecule has 0 aliphatic heterocycles. The molecule has 0 aliphatic rings. The van der Waals surface area contributed by atoms with E-state index in [2.05, 4.69) is 42.2 Å². The molecule has 0 fully saturated rings. The summed E-state index contributed by atoms with van der Waals surface area (Å²) in [4.78, 5) is 15.8. The van der Waals surface area contributed by atoms with Gasteiger partial charge in [0, 0.05) is 16.9 Å². The normalized spacial score (nSPS) is 11.2. The molecule has 0 saturated heterocycles. The SMILES string of the molecule is CC(CBr)(CBr)NC(=O)c1ccc(Cl)cn1. The number of hydrogen-bond donors (Lipinski definition) is 1. The lowest BCUT2D eigenvalue weighted by Crippen LogP contribution is -2.49. The predicted molar refractivity (Wildman–Crippen MR) is 72.7 cm³/mol. The first-order chi connectivity index (χ1) is 7.50. The Hall–Kier alpha value is -0.130. The molecular formula is C10H11Br2ClN2O. The molecule has 1 rings (SSSR count). The summed E-state index contributed by atoms with van der Waals surface area (Å²) < 4.78 is 0. The average molecular weight is 370 g/mol. The Labute approximate surface area is 116 Å². The molecule has 6 heteroatoms. The summed E-state index contributed by atoms with van der Waals surface area (Å²) in [5.41, 5.74) is 0.0239. The fraction of sp³-hybridized carbons (Fsp3) is 0.400. The topological polar surface area (TPSA) is 42.0 Å². The number of halogens is 3. The van der Waals surface area contributed by atoms with Gasteiger partial charge in [0.25, 0.3) is 5.91 Å². The van der Waals surface area contributed by atoms with E-state index in [4.69, 9.17) is 11.6 Å². The van der Waals surface area contributed by atoms with Crippen LogP contribution in [-0.4, -0.2) is 27.1 Å². The number of alkyl halides is 2. The molecule has 1 N–H and O–H groups in total. The van der Waals surface area contributed by atoms with E-state index in [0.29, 0.717) is 21.4 Å². The summed E-state index contributed by atoms with van der Waals surface area (Å²) in [5.74, 6) is -0.210. The Morgan fingerprint density at radius 2 is 2.12 bits per heavy atom. The third-order valence-corrected chi connectivity index (χ3v) is 4.66. The maximum atomic E-state index is 11.8. The Morgan fingerprint density at radius 3 is 2.56 bits per heavy atom. The van der Waals surface area contributed by atoms with Gasteiger partial charge in [-0.2, -0.15) is 0 Å². The van der Waals surface area contributed by atoms with E-state index in [0.717, 1.165) is 0 Å². The highest BCUT2D eigenvalue weighted by Gasteiger charge is 2.24. The van der Waals surface area contributed by atoms with Crippen LogP contribution in [0.15, 0.2) is 18.3 Å². The third kappa shape index (κ3) is 3.71. The molecule has 0 bridgehead atoms. The van der Waals surface area contributed by atoms with Gasteiger partial charge in [0.15, 0.2) is 0 Å². The lowest BCUT2D eigenvalue weighted by Gasteiger charge is -2.26. The largest absolute Gasteiger partial charge is 0.344 e. The number of nitrogens with one attached hydrogen (secondary N) is 1. The summed E-state index contributed by atoms with van der Waals surface area (Å²) in [6, 6.07) is 3.24. The molecule has 0 atom stereocenters. The van der Waals surface area contributed by atoms with Crippen molar-refractivity contribution in [2.24, 2.45) is 0 Å². The molecular weight excluding hydrogens is 359 g/mol. The van der Waals surface area contributed by atoms with E-state index in [1.165, 1.54) is 6.20 Å². The summed E-state index contributed by atoms with van der Waals surface area (Å²) in [7, 11) is 0. The van der Waals surface area contributed by atoms with E-state index in [1.54, 1.807) is 12.1 Å². The number of pyridine rings is 1. The van der Waals surface area contributed by atoms with Gasteiger partial charge in [-0.25, -0.2) is 4.98 Å². The number of carbonyl (C=O) groups is 1. The van der Waals surface area contributed by atoms with Gasteiger partial charge in [-0.05, 0) is 19.1 Å². The van der Waals surface area contributed by atoms with Crippen LogP contribution >= 0.6 is 43.5 Å². The summed E-state index contributed by atoms with van der Waals surface area (Å²) in [6.45, 7) is 1.93. The van der Waals surface area contributed by atoms with Crippen molar-refractivity contribution in [1.82, 2.24) is 10.3 Å². The summed E-state index contributed by atoms with van der Waals surface area (Å²) >= 11 is 12.4. The standard InChI is InChI=1S/C10H11Br2ClN2O/c1-10(5-11,6-12)15-9(16)8-3-2-7(13)4-14-8/h2-4H,5-6H2,1H3,(H,15,16). The molecule has 1 amide bonds. The highest BCUT2D eigenvalue weighted by molar-refractivity contribution is 9.09. The first-order valence-electron chi connectivity index (χ1n) is 4.57. The van der Waals surface area contributed by atoms with E-state index in [1.807, 2.05) is 6.92 Å². The Bertz CT molecular complexity index is 366. The second-order valence-electron chi connectivity index (χ2n) is 3.64. The van der Waals surface area contributed by atoms with Crippen molar-refractivity contribution in [3.63, 3.8) is 0 Å². The number of amides is 1. The van der Waals surface area contributed by atoms with Crippen LogP contribution in [0.25, 0.3) is 0 Å². The first kappa shape index (κ1) is 13.9. The van der Waals surface area contributed by atoms with Crippen molar-refractivity contribution in [2.45, 2.75) is 12.5 Å². The van der Waals surface area contributed by atoms with Gasteiger partial charge >= 0.3 is 0 Å². The molecule has 1 aromatic heterocycles. The second kappa shape index (κ2) is 5.98. The van der Waals surface area contributed by atoms with E-state index in [-0.39, 0.29) is 11.4 Å². The zero-order chi connectivity index (χ0) is 12.2. The maximum Gasteiger partial charge on any atom is 0.270 e. The minimum atomic E-state index is -0.335. The van der Waals surface area contributed by atoms with Crippen LogP contribution in [0.4, 0.5) is 0 Å². The Morgan fingerprint density at radius 1 is 1.50 bits per heavy atom. The number of nitrogens with zero attached hydrogens (tertiary/aromatic N) is 1. The van der Waals surface area contributed by atoms with Crippen molar-refractivity contribution in [1.29, 1.82) is 0 Å². The van der Waals surface area contributed by atoms with Crippen LogP contribution in [-0.2, 0) is 0 Å². The third-order valence-electron chi connectivity index (χ3n) is 1.97.